The SMILES string of the molecule is O=C(CSC1=NC(=O)C(c2ccccc2)C(=O)N1)NC1CCCCC1. The zero-order valence-corrected chi connectivity index (χ0v) is 14.7. The van der Waals surface area contributed by atoms with E-state index >= 15 is 0 Å². The molecule has 1 aromatic carbocycles. The summed E-state index contributed by atoms with van der Waals surface area (Å²) in [4.78, 5) is 40.4. The van der Waals surface area contributed by atoms with E-state index in [4.69, 9.17) is 0 Å². The molecule has 1 saturated carbocycles. The number of thioether (sulfide) groups is 1. The van der Waals surface area contributed by atoms with E-state index < -0.39 is 17.7 Å². The van der Waals surface area contributed by atoms with Crippen LogP contribution >= 0.6 is 11.8 Å². The fraction of sp³-hybridized carbons (Fsp3) is 0.444. The minimum Gasteiger partial charge on any atom is -0.353 e. The van der Waals surface area contributed by atoms with Gasteiger partial charge in [0.05, 0.1) is 5.75 Å². The fourth-order valence-corrected chi connectivity index (χ4v) is 3.82. The molecule has 6 nitrogen and oxygen atoms in total. The van der Waals surface area contributed by atoms with Gasteiger partial charge in [-0.2, -0.15) is 4.99 Å². The van der Waals surface area contributed by atoms with Crippen LogP contribution < -0.4 is 10.6 Å². The molecule has 0 saturated heterocycles. The maximum Gasteiger partial charge on any atom is 0.265 e. The fourth-order valence-electron chi connectivity index (χ4n) is 3.14. The van der Waals surface area contributed by atoms with E-state index in [9.17, 15) is 14.4 Å². The van der Waals surface area contributed by atoms with Crippen molar-refractivity contribution < 1.29 is 14.4 Å². The van der Waals surface area contributed by atoms with Gasteiger partial charge in [-0.15, -0.1) is 0 Å². The normalized spacial score (nSPS) is 21.4. The number of carbonyl (C=O) groups is 3. The Morgan fingerprint density at radius 1 is 1.16 bits per heavy atom. The molecule has 1 unspecified atom stereocenters. The van der Waals surface area contributed by atoms with Crippen molar-refractivity contribution >= 4 is 34.7 Å². The van der Waals surface area contributed by atoms with Crippen LogP contribution in [0.4, 0.5) is 0 Å². The van der Waals surface area contributed by atoms with E-state index in [-0.39, 0.29) is 22.9 Å². The van der Waals surface area contributed by atoms with Crippen molar-refractivity contribution in [1.82, 2.24) is 10.6 Å². The Labute approximate surface area is 150 Å². The first-order chi connectivity index (χ1) is 12.1. The van der Waals surface area contributed by atoms with Crippen molar-refractivity contribution in [1.29, 1.82) is 0 Å². The molecule has 0 bridgehead atoms. The lowest BCUT2D eigenvalue weighted by Gasteiger charge is -2.23. The van der Waals surface area contributed by atoms with E-state index in [2.05, 4.69) is 15.6 Å². The summed E-state index contributed by atoms with van der Waals surface area (Å²) in [6.45, 7) is 0. The van der Waals surface area contributed by atoms with Gasteiger partial charge < -0.3 is 10.6 Å². The smallest absolute Gasteiger partial charge is 0.265 e. The molecule has 2 aliphatic rings. The number of amidine groups is 1. The number of aliphatic imine (C=N–C) groups is 1. The third-order valence-electron chi connectivity index (χ3n) is 4.39. The van der Waals surface area contributed by atoms with Crippen LogP contribution in [0.2, 0.25) is 0 Å². The highest BCUT2D eigenvalue weighted by molar-refractivity contribution is 8.14. The molecule has 1 heterocycles. The molecule has 7 heteroatoms. The number of hydrogen-bond acceptors (Lipinski definition) is 4. The van der Waals surface area contributed by atoms with Gasteiger partial charge in [0.2, 0.25) is 11.8 Å². The lowest BCUT2D eigenvalue weighted by Crippen LogP contribution is -2.42. The van der Waals surface area contributed by atoms with Crippen LogP contribution in [0.5, 0.6) is 0 Å². The van der Waals surface area contributed by atoms with Gasteiger partial charge in [-0.1, -0.05) is 61.4 Å². The van der Waals surface area contributed by atoms with Gasteiger partial charge >= 0.3 is 0 Å². The van der Waals surface area contributed by atoms with E-state index in [1.54, 1.807) is 24.3 Å². The second-order valence-electron chi connectivity index (χ2n) is 6.28. The average Bonchev–Trinajstić information content (AvgIpc) is 2.61. The quantitative estimate of drug-likeness (QED) is 0.805. The summed E-state index contributed by atoms with van der Waals surface area (Å²) in [7, 11) is 0. The number of rotatable bonds is 4. The van der Waals surface area contributed by atoms with Crippen molar-refractivity contribution in [2.45, 2.75) is 44.1 Å². The van der Waals surface area contributed by atoms with Gasteiger partial charge in [0.25, 0.3) is 5.91 Å². The first-order valence-electron chi connectivity index (χ1n) is 8.54. The minimum atomic E-state index is -0.915. The van der Waals surface area contributed by atoms with Gasteiger partial charge in [0, 0.05) is 6.04 Å². The number of amides is 3. The van der Waals surface area contributed by atoms with Crippen molar-refractivity contribution in [3.8, 4) is 0 Å². The zero-order valence-electron chi connectivity index (χ0n) is 13.9. The van der Waals surface area contributed by atoms with E-state index in [1.165, 1.54) is 6.42 Å². The summed E-state index contributed by atoms with van der Waals surface area (Å²) >= 11 is 1.08. The van der Waals surface area contributed by atoms with E-state index in [0.29, 0.717) is 5.56 Å². The van der Waals surface area contributed by atoms with Crippen LogP contribution in [0, 0.1) is 0 Å². The number of nitrogens with zero attached hydrogens (tertiary/aromatic N) is 1. The van der Waals surface area contributed by atoms with Gasteiger partial charge in [0.15, 0.2) is 5.17 Å². The Kier molecular flexibility index (Phi) is 5.86. The molecule has 1 fully saturated rings. The Balaban J connectivity index is 1.54. The zero-order chi connectivity index (χ0) is 17.6. The highest BCUT2D eigenvalue weighted by atomic mass is 32.2. The third kappa shape index (κ3) is 4.69. The molecule has 2 N–H and O–H groups in total. The molecular formula is C18H21N3O3S. The molecule has 1 aromatic rings. The number of carbonyl (C=O) groups excluding carboxylic acids is 3. The molecule has 1 atom stereocenters. The average molecular weight is 359 g/mol. The molecule has 25 heavy (non-hydrogen) atoms. The maximum absolute atomic E-state index is 12.3. The van der Waals surface area contributed by atoms with Gasteiger partial charge in [-0.3, -0.25) is 14.4 Å². The standard InChI is InChI=1S/C18H21N3O3S/c22-14(19-13-9-5-2-6-10-13)11-25-18-20-16(23)15(17(24)21-18)12-7-3-1-4-8-12/h1,3-4,7-8,13,15H,2,5-6,9-11H2,(H,19,22)(H,20,21,23,24). The van der Waals surface area contributed by atoms with E-state index in [1.807, 2.05) is 6.07 Å². The number of hydrogen-bond donors (Lipinski definition) is 2. The summed E-state index contributed by atoms with van der Waals surface area (Å²) in [6.07, 6.45) is 5.57. The number of nitrogens with one attached hydrogen (secondary N) is 2. The van der Waals surface area contributed by atoms with Crippen molar-refractivity contribution in [2.24, 2.45) is 4.99 Å². The third-order valence-corrected chi connectivity index (χ3v) is 5.27. The molecule has 0 spiro atoms. The summed E-state index contributed by atoms with van der Waals surface area (Å²) in [5, 5.41) is 5.83. The molecule has 0 radical (unpaired) electrons. The van der Waals surface area contributed by atoms with Crippen LogP contribution in [0.15, 0.2) is 35.3 Å². The summed E-state index contributed by atoms with van der Waals surface area (Å²) in [5.74, 6) is -1.77. The first kappa shape index (κ1) is 17.7. The van der Waals surface area contributed by atoms with Crippen molar-refractivity contribution in [3.63, 3.8) is 0 Å². The lowest BCUT2D eigenvalue weighted by atomic mass is 9.95. The van der Waals surface area contributed by atoms with Crippen LogP contribution in [0.3, 0.4) is 0 Å². The minimum absolute atomic E-state index is 0.0912. The second kappa shape index (κ2) is 8.29. The Morgan fingerprint density at radius 2 is 1.88 bits per heavy atom. The molecule has 3 rings (SSSR count). The summed E-state index contributed by atoms with van der Waals surface area (Å²) < 4.78 is 0. The van der Waals surface area contributed by atoms with Gasteiger partial charge in [0.1, 0.15) is 5.92 Å². The molecular weight excluding hydrogens is 338 g/mol. The predicted molar refractivity (Wildman–Crippen MR) is 97.2 cm³/mol. The Hall–Kier alpha value is -2.15. The molecule has 3 amide bonds. The second-order valence-corrected chi connectivity index (χ2v) is 7.24. The Morgan fingerprint density at radius 3 is 2.56 bits per heavy atom. The van der Waals surface area contributed by atoms with Gasteiger partial charge in [-0.25, -0.2) is 0 Å². The molecule has 0 aromatic heterocycles. The van der Waals surface area contributed by atoms with Crippen LogP contribution in [-0.4, -0.2) is 34.7 Å². The van der Waals surface area contributed by atoms with Crippen LogP contribution in [-0.2, 0) is 14.4 Å². The van der Waals surface area contributed by atoms with Crippen molar-refractivity contribution in [2.75, 3.05) is 5.75 Å². The maximum atomic E-state index is 12.3. The molecule has 1 aliphatic carbocycles. The van der Waals surface area contributed by atoms with Crippen LogP contribution in [0.25, 0.3) is 0 Å². The number of benzene rings is 1. The largest absolute Gasteiger partial charge is 0.353 e. The van der Waals surface area contributed by atoms with Crippen molar-refractivity contribution in [3.05, 3.63) is 35.9 Å². The predicted octanol–water partition coefficient (Wildman–Crippen LogP) is 1.96. The monoisotopic (exact) mass is 359 g/mol. The summed E-state index contributed by atoms with van der Waals surface area (Å²) in [5.41, 5.74) is 0.618. The van der Waals surface area contributed by atoms with Gasteiger partial charge in [-0.05, 0) is 18.4 Å². The first-order valence-corrected chi connectivity index (χ1v) is 9.52. The highest BCUT2D eigenvalue weighted by Gasteiger charge is 2.33. The summed E-state index contributed by atoms with van der Waals surface area (Å²) in [6, 6.07) is 9.08. The molecule has 1 aliphatic heterocycles. The Bertz CT molecular complexity index is 684. The topological polar surface area (TPSA) is 87.6 Å². The lowest BCUT2D eigenvalue weighted by molar-refractivity contribution is -0.129. The highest BCUT2D eigenvalue weighted by Crippen LogP contribution is 2.22. The van der Waals surface area contributed by atoms with E-state index in [0.717, 1.165) is 37.4 Å². The molecule has 132 valence electrons. The van der Waals surface area contributed by atoms with Crippen LogP contribution in [0.1, 0.15) is 43.6 Å².